The van der Waals surface area contributed by atoms with Crippen LogP contribution in [0.25, 0.3) is 0 Å². The van der Waals surface area contributed by atoms with Crippen LogP contribution in [0.1, 0.15) is 39.0 Å². The second kappa shape index (κ2) is 4.47. The van der Waals surface area contributed by atoms with E-state index in [0.29, 0.717) is 19.3 Å². The van der Waals surface area contributed by atoms with Crippen LogP contribution in [0.5, 0.6) is 0 Å². The molecule has 1 N–H and O–H groups in total. The molecular weight excluding hydrogens is 229 g/mol. The predicted octanol–water partition coefficient (Wildman–Crippen LogP) is 3.50. The lowest BCUT2D eigenvalue weighted by Crippen LogP contribution is -2.62. The Balaban J connectivity index is 2.92. The van der Waals surface area contributed by atoms with Gasteiger partial charge in [0, 0.05) is 0 Å². The molecule has 0 aliphatic carbocycles. The van der Waals surface area contributed by atoms with Crippen LogP contribution in [0.15, 0.2) is 0 Å². The van der Waals surface area contributed by atoms with Gasteiger partial charge in [-0.05, 0) is 25.8 Å². The van der Waals surface area contributed by atoms with E-state index in [1.54, 1.807) is 6.92 Å². The van der Waals surface area contributed by atoms with Crippen molar-refractivity contribution >= 4 is 0 Å². The third-order valence-corrected chi connectivity index (χ3v) is 3.16. The molecule has 0 saturated carbocycles. The Labute approximate surface area is 91.4 Å². The quantitative estimate of drug-likeness (QED) is 0.747. The Kier molecular flexibility index (Phi) is 3.82. The summed E-state index contributed by atoms with van der Waals surface area (Å²) in [6.45, 7) is 2.00. The Morgan fingerprint density at radius 2 is 1.81 bits per heavy atom. The van der Waals surface area contributed by atoms with Crippen LogP contribution in [0, 0.1) is 0 Å². The number of hydrogen-bond donors (Lipinski definition) is 1. The Hall–Kier alpha value is -0.390. The number of alkyl halides is 5. The molecule has 0 radical (unpaired) electrons. The minimum atomic E-state index is -5.47. The normalized spacial score (nSPS) is 27.4. The highest BCUT2D eigenvalue weighted by Gasteiger charge is 2.69. The van der Waals surface area contributed by atoms with Crippen molar-refractivity contribution in [2.75, 3.05) is 6.54 Å². The molecule has 1 saturated heterocycles. The Morgan fingerprint density at radius 1 is 1.19 bits per heavy atom. The van der Waals surface area contributed by atoms with Gasteiger partial charge in [-0.2, -0.15) is 22.0 Å². The van der Waals surface area contributed by atoms with Crippen LogP contribution in [-0.4, -0.2) is 24.2 Å². The van der Waals surface area contributed by atoms with Gasteiger partial charge in [-0.15, -0.1) is 0 Å². The fraction of sp³-hybridized carbons (Fsp3) is 1.00. The van der Waals surface area contributed by atoms with Crippen LogP contribution in [-0.2, 0) is 0 Å². The summed E-state index contributed by atoms with van der Waals surface area (Å²) in [5, 5.41) is 2.38. The summed E-state index contributed by atoms with van der Waals surface area (Å²) < 4.78 is 64.0. The average molecular weight is 245 g/mol. The molecule has 0 spiro atoms. The third-order valence-electron chi connectivity index (χ3n) is 3.16. The van der Waals surface area contributed by atoms with Crippen molar-refractivity contribution in [3.8, 4) is 0 Å². The van der Waals surface area contributed by atoms with E-state index < -0.39 is 17.6 Å². The first-order chi connectivity index (χ1) is 7.27. The molecule has 1 rings (SSSR count). The van der Waals surface area contributed by atoms with Gasteiger partial charge in [-0.1, -0.05) is 19.8 Å². The maximum Gasteiger partial charge on any atom is 0.455 e. The molecule has 1 nitrogen and oxygen atoms in total. The van der Waals surface area contributed by atoms with Crippen LogP contribution in [0.2, 0.25) is 0 Å². The second-order valence-electron chi connectivity index (χ2n) is 4.29. The van der Waals surface area contributed by atoms with Crippen LogP contribution >= 0.6 is 0 Å². The predicted molar refractivity (Wildman–Crippen MR) is 50.5 cm³/mol. The minimum Gasteiger partial charge on any atom is -0.306 e. The zero-order valence-corrected chi connectivity index (χ0v) is 9.13. The topological polar surface area (TPSA) is 12.0 Å². The van der Waals surface area contributed by atoms with Gasteiger partial charge in [0.25, 0.3) is 0 Å². The molecule has 1 atom stereocenters. The maximum atomic E-state index is 13.4. The molecule has 0 aromatic rings. The zero-order chi connectivity index (χ0) is 12.4. The van der Waals surface area contributed by atoms with Gasteiger partial charge >= 0.3 is 12.1 Å². The van der Waals surface area contributed by atoms with Gasteiger partial charge in [-0.3, -0.25) is 0 Å². The standard InChI is InChI=1S/C10H16F5N/c1-2-3-5-8(6-4-7-16-8)9(11,12)10(13,14)15/h16H,2-7H2,1H3/t8-/m1/s1. The van der Waals surface area contributed by atoms with Crippen molar-refractivity contribution in [1.29, 1.82) is 0 Å². The molecule has 0 aromatic carbocycles. The van der Waals surface area contributed by atoms with E-state index in [4.69, 9.17) is 0 Å². The smallest absolute Gasteiger partial charge is 0.306 e. The largest absolute Gasteiger partial charge is 0.455 e. The lowest BCUT2D eigenvalue weighted by molar-refractivity contribution is -0.311. The molecular formula is C10H16F5N. The number of halogens is 5. The maximum absolute atomic E-state index is 13.4. The van der Waals surface area contributed by atoms with Crippen molar-refractivity contribution in [2.24, 2.45) is 0 Å². The lowest BCUT2D eigenvalue weighted by atomic mass is 9.84. The highest BCUT2D eigenvalue weighted by molar-refractivity contribution is 5.06. The van der Waals surface area contributed by atoms with Gasteiger partial charge in [0.15, 0.2) is 0 Å². The van der Waals surface area contributed by atoms with Crippen molar-refractivity contribution < 1.29 is 22.0 Å². The van der Waals surface area contributed by atoms with Crippen molar-refractivity contribution in [2.45, 2.75) is 56.7 Å². The molecule has 1 fully saturated rings. The zero-order valence-electron chi connectivity index (χ0n) is 9.13. The van der Waals surface area contributed by atoms with Crippen LogP contribution < -0.4 is 5.32 Å². The lowest BCUT2D eigenvalue weighted by Gasteiger charge is -2.38. The number of nitrogens with one attached hydrogen (secondary N) is 1. The fourth-order valence-corrected chi connectivity index (χ4v) is 2.19. The summed E-state index contributed by atoms with van der Waals surface area (Å²) in [7, 11) is 0. The summed E-state index contributed by atoms with van der Waals surface area (Å²) in [6, 6.07) is 0. The van der Waals surface area contributed by atoms with E-state index in [1.165, 1.54) is 0 Å². The van der Waals surface area contributed by atoms with E-state index in [9.17, 15) is 22.0 Å². The molecule has 16 heavy (non-hydrogen) atoms. The molecule has 0 bridgehead atoms. The number of rotatable bonds is 4. The second-order valence-corrected chi connectivity index (χ2v) is 4.29. The van der Waals surface area contributed by atoms with E-state index in [1.807, 2.05) is 0 Å². The van der Waals surface area contributed by atoms with Gasteiger partial charge in [-0.25, -0.2) is 0 Å². The van der Waals surface area contributed by atoms with Gasteiger partial charge in [0.1, 0.15) is 0 Å². The fourth-order valence-electron chi connectivity index (χ4n) is 2.19. The van der Waals surface area contributed by atoms with E-state index >= 15 is 0 Å². The summed E-state index contributed by atoms with van der Waals surface area (Å²) in [5.41, 5.74) is -2.08. The Bertz CT molecular complexity index is 230. The minimum absolute atomic E-state index is 0.112. The summed E-state index contributed by atoms with van der Waals surface area (Å²) in [4.78, 5) is 0. The van der Waals surface area contributed by atoms with E-state index in [2.05, 4.69) is 5.32 Å². The van der Waals surface area contributed by atoms with Gasteiger partial charge in [0.05, 0.1) is 5.54 Å². The average Bonchev–Trinajstić information content (AvgIpc) is 2.62. The molecule has 96 valence electrons. The van der Waals surface area contributed by atoms with Crippen molar-refractivity contribution in [3.63, 3.8) is 0 Å². The molecule has 1 heterocycles. The molecule has 0 amide bonds. The van der Waals surface area contributed by atoms with Crippen molar-refractivity contribution in [3.05, 3.63) is 0 Å². The number of unbranched alkanes of at least 4 members (excludes halogenated alkanes) is 1. The van der Waals surface area contributed by atoms with Gasteiger partial charge < -0.3 is 5.32 Å². The highest BCUT2D eigenvalue weighted by atomic mass is 19.4. The summed E-state index contributed by atoms with van der Waals surface area (Å²) in [5.74, 6) is -4.65. The first-order valence-corrected chi connectivity index (χ1v) is 5.46. The SMILES string of the molecule is CCCC[C@]1(C(F)(F)C(F)(F)F)CCCN1. The molecule has 0 aromatic heterocycles. The summed E-state index contributed by atoms with van der Waals surface area (Å²) >= 11 is 0. The third kappa shape index (κ3) is 2.17. The van der Waals surface area contributed by atoms with E-state index in [-0.39, 0.29) is 19.4 Å². The van der Waals surface area contributed by atoms with Crippen LogP contribution in [0.4, 0.5) is 22.0 Å². The first-order valence-electron chi connectivity index (χ1n) is 5.46. The molecule has 0 unspecified atom stereocenters. The van der Waals surface area contributed by atoms with Crippen LogP contribution in [0.3, 0.4) is 0 Å². The molecule has 6 heteroatoms. The van der Waals surface area contributed by atoms with E-state index in [0.717, 1.165) is 0 Å². The monoisotopic (exact) mass is 245 g/mol. The highest BCUT2D eigenvalue weighted by Crippen LogP contribution is 2.49. The van der Waals surface area contributed by atoms with Crippen molar-refractivity contribution in [1.82, 2.24) is 5.32 Å². The molecule has 1 aliphatic heterocycles. The number of hydrogen-bond acceptors (Lipinski definition) is 1. The van der Waals surface area contributed by atoms with Gasteiger partial charge in [0.2, 0.25) is 0 Å². The first kappa shape index (κ1) is 13.7. The summed E-state index contributed by atoms with van der Waals surface area (Å²) in [6.07, 6.45) is -4.36. The molecule has 1 aliphatic rings. The Morgan fingerprint density at radius 3 is 2.19 bits per heavy atom.